The first-order chi connectivity index (χ1) is 5.85. The summed E-state index contributed by atoms with van der Waals surface area (Å²) in [5, 5.41) is 0. The fraction of sp³-hybridized carbons (Fsp3) is 1.00. The molecule has 2 nitrogen and oxygen atoms in total. The molecule has 0 spiro atoms. The molecule has 0 amide bonds. The number of unbranched alkanes of at least 4 members (excludes halogenated alkanes) is 1. The molecule has 2 heteroatoms. The van der Waals surface area contributed by atoms with Crippen LogP contribution in [-0.4, -0.2) is 13.1 Å². The van der Waals surface area contributed by atoms with Crippen molar-refractivity contribution < 1.29 is 0 Å². The molecule has 0 heterocycles. The normalized spacial score (nSPS) is 13.2. The third-order valence-electron chi connectivity index (χ3n) is 2.34. The average molecular weight is 172 g/mol. The Kier molecular flexibility index (Phi) is 8.95. The predicted molar refractivity (Wildman–Crippen MR) is 55.0 cm³/mol. The van der Waals surface area contributed by atoms with Gasteiger partial charge >= 0.3 is 0 Å². The molecule has 74 valence electrons. The highest BCUT2D eigenvalue weighted by Crippen LogP contribution is 2.17. The summed E-state index contributed by atoms with van der Waals surface area (Å²) in [6, 6.07) is 0. The van der Waals surface area contributed by atoms with Gasteiger partial charge in [-0.3, -0.25) is 0 Å². The fourth-order valence-corrected chi connectivity index (χ4v) is 1.65. The highest BCUT2D eigenvalue weighted by Gasteiger charge is 2.05. The van der Waals surface area contributed by atoms with E-state index in [1.54, 1.807) is 0 Å². The van der Waals surface area contributed by atoms with Crippen LogP contribution in [0.5, 0.6) is 0 Å². The van der Waals surface area contributed by atoms with Crippen molar-refractivity contribution in [1.29, 1.82) is 0 Å². The average Bonchev–Trinajstić information content (AvgIpc) is 2.06. The molecular formula is C10H24N2. The molecule has 0 fully saturated rings. The van der Waals surface area contributed by atoms with Gasteiger partial charge in [-0.25, -0.2) is 0 Å². The second kappa shape index (κ2) is 9.01. The van der Waals surface area contributed by atoms with Gasteiger partial charge in [-0.2, -0.15) is 0 Å². The third-order valence-corrected chi connectivity index (χ3v) is 2.34. The maximum absolute atomic E-state index is 5.54. The van der Waals surface area contributed by atoms with Crippen LogP contribution in [0, 0.1) is 5.92 Å². The molecule has 12 heavy (non-hydrogen) atoms. The van der Waals surface area contributed by atoms with Crippen molar-refractivity contribution in [2.75, 3.05) is 13.1 Å². The van der Waals surface area contributed by atoms with Crippen LogP contribution < -0.4 is 11.5 Å². The molecule has 0 aliphatic rings. The maximum atomic E-state index is 5.54. The van der Waals surface area contributed by atoms with Crippen molar-refractivity contribution in [1.82, 2.24) is 0 Å². The van der Waals surface area contributed by atoms with Crippen LogP contribution in [0.25, 0.3) is 0 Å². The lowest BCUT2D eigenvalue weighted by Gasteiger charge is -2.14. The Morgan fingerprint density at radius 3 is 2.17 bits per heavy atom. The molecule has 0 radical (unpaired) electrons. The van der Waals surface area contributed by atoms with Crippen molar-refractivity contribution in [3.05, 3.63) is 0 Å². The van der Waals surface area contributed by atoms with Gasteiger partial charge in [0.2, 0.25) is 0 Å². The fourth-order valence-electron chi connectivity index (χ4n) is 1.65. The zero-order chi connectivity index (χ0) is 9.23. The second-order valence-corrected chi connectivity index (χ2v) is 3.52. The van der Waals surface area contributed by atoms with Crippen LogP contribution in [0.4, 0.5) is 0 Å². The van der Waals surface area contributed by atoms with Crippen molar-refractivity contribution >= 4 is 0 Å². The zero-order valence-electron chi connectivity index (χ0n) is 8.39. The Hall–Kier alpha value is -0.0800. The first-order valence-corrected chi connectivity index (χ1v) is 5.25. The van der Waals surface area contributed by atoms with Gasteiger partial charge in [-0.1, -0.05) is 32.6 Å². The molecule has 1 unspecified atom stereocenters. The van der Waals surface area contributed by atoms with E-state index in [-0.39, 0.29) is 0 Å². The van der Waals surface area contributed by atoms with Crippen LogP contribution in [0.3, 0.4) is 0 Å². The molecule has 1 atom stereocenters. The van der Waals surface area contributed by atoms with Gasteiger partial charge in [0.1, 0.15) is 0 Å². The number of hydrogen-bond donors (Lipinski definition) is 2. The second-order valence-electron chi connectivity index (χ2n) is 3.52. The maximum Gasteiger partial charge on any atom is -0.00746 e. The summed E-state index contributed by atoms with van der Waals surface area (Å²) in [4.78, 5) is 0. The van der Waals surface area contributed by atoms with Crippen molar-refractivity contribution in [3.63, 3.8) is 0 Å². The number of hydrogen-bond acceptors (Lipinski definition) is 2. The Bertz CT molecular complexity index is 77.9. The van der Waals surface area contributed by atoms with Crippen LogP contribution in [0.2, 0.25) is 0 Å². The van der Waals surface area contributed by atoms with Gasteiger partial charge in [0.15, 0.2) is 0 Å². The first-order valence-electron chi connectivity index (χ1n) is 5.25. The topological polar surface area (TPSA) is 52.0 Å². The summed E-state index contributed by atoms with van der Waals surface area (Å²) in [7, 11) is 0. The highest BCUT2D eigenvalue weighted by atomic mass is 14.5. The van der Waals surface area contributed by atoms with Crippen LogP contribution in [-0.2, 0) is 0 Å². The van der Waals surface area contributed by atoms with Crippen LogP contribution >= 0.6 is 0 Å². The molecule has 0 aromatic rings. The van der Waals surface area contributed by atoms with E-state index in [0.29, 0.717) is 0 Å². The smallest absolute Gasteiger partial charge is 0.00746 e. The molecule has 0 aromatic heterocycles. The Balaban J connectivity index is 3.34. The van der Waals surface area contributed by atoms with E-state index in [1.807, 2.05) is 0 Å². The summed E-state index contributed by atoms with van der Waals surface area (Å²) < 4.78 is 0. The van der Waals surface area contributed by atoms with Crippen molar-refractivity contribution in [2.45, 2.75) is 45.4 Å². The Morgan fingerprint density at radius 1 is 0.917 bits per heavy atom. The van der Waals surface area contributed by atoms with E-state index in [9.17, 15) is 0 Å². The summed E-state index contributed by atoms with van der Waals surface area (Å²) in [6.45, 7) is 3.92. The molecule has 0 aliphatic heterocycles. The van der Waals surface area contributed by atoms with Gasteiger partial charge in [-0.15, -0.1) is 0 Å². The van der Waals surface area contributed by atoms with Crippen LogP contribution in [0.15, 0.2) is 0 Å². The summed E-state index contributed by atoms with van der Waals surface area (Å²) in [6.07, 6.45) is 7.58. The minimum absolute atomic E-state index is 0.835. The third kappa shape index (κ3) is 6.62. The molecule has 0 bridgehead atoms. The zero-order valence-corrected chi connectivity index (χ0v) is 8.39. The SMILES string of the molecule is CCCC(CCN)CCCCN. The lowest BCUT2D eigenvalue weighted by atomic mass is 9.94. The lowest BCUT2D eigenvalue weighted by Crippen LogP contribution is -2.09. The van der Waals surface area contributed by atoms with Gasteiger partial charge in [0.05, 0.1) is 0 Å². The minimum Gasteiger partial charge on any atom is -0.330 e. The van der Waals surface area contributed by atoms with E-state index in [2.05, 4.69) is 6.92 Å². The van der Waals surface area contributed by atoms with Crippen molar-refractivity contribution in [3.8, 4) is 0 Å². The van der Waals surface area contributed by atoms with E-state index in [1.165, 1.54) is 38.5 Å². The Morgan fingerprint density at radius 2 is 1.67 bits per heavy atom. The molecule has 0 saturated heterocycles. The highest BCUT2D eigenvalue weighted by molar-refractivity contribution is 4.59. The Labute approximate surface area is 76.7 Å². The van der Waals surface area contributed by atoms with Crippen molar-refractivity contribution in [2.24, 2.45) is 17.4 Å². The van der Waals surface area contributed by atoms with E-state index in [0.717, 1.165) is 19.0 Å². The monoisotopic (exact) mass is 172 g/mol. The molecule has 0 saturated carbocycles. The molecule has 0 aromatic carbocycles. The quantitative estimate of drug-likeness (QED) is 0.549. The molecule has 0 aliphatic carbocycles. The summed E-state index contributed by atoms with van der Waals surface area (Å²) >= 11 is 0. The van der Waals surface area contributed by atoms with E-state index in [4.69, 9.17) is 11.5 Å². The summed E-state index contributed by atoms with van der Waals surface area (Å²) in [5.74, 6) is 0.853. The van der Waals surface area contributed by atoms with E-state index >= 15 is 0 Å². The summed E-state index contributed by atoms with van der Waals surface area (Å²) in [5.41, 5.74) is 11.0. The minimum atomic E-state index is 0.835. The standard InChI is InChI=1S/C10H24N2/c1-2-5-10(7-9-12)6-3-4-8-11/h10H,2-9,11-12H2,1H3. The molecule has 0 rings (SSSR count). The van der Waals surface area contributed by atoms with Crippen LogP contribution in [0.1, 0.15) is 45.4 Å². The number of nitrogens with two attached hydrogens (primary N) is 2. The molecule has 4 N–H and O–H groups in total. The predicted octanol–water partition coefficient (Wildman–Crippen LogP) is 1.88. The van der Waals surface area contributed by atoms with Gasteiger partial charge < -0.3 is 11.5 Å². The van der Waals surface area contributed by atoms with Gasteiger partial charge in [-0.05, 0) is 31.8 Å². The number of rotatable bonds is 8. The first kappa shape index (κ1) is 11.9. The van der Waals surface area contributed by atoms with Gasteiger partial charge in [0.25, 0.3) is 0 Å². The largest absolute Gasteiger partial charge is 0.330 e. The van der Waals surface area contributed by atoms with Gasteiger partial charge in [0, 0.05) is 0 Å². The van der Waals surface area contributed by atoms with E-state index < -0.39 is 0 Å². The molecular weight excluding hydrogens is 148 g/mol. The lowest BCUT2D eigenvalue weighted by molar-refractivity contribution is 0.405.